The Bertz CT molecular complexity index is 413. The first-order valence-electron chi connectivity index (χ1n) is 4.63. The molecule has 0 aromatic carbocycles. The summed E-state index contributed by atoms with van der Waals surface area (Å²) in [6.45, 7) is 0.885. The highest BCUT2D eigenvalue weighted by molar-refractivity contribution is 7.98. The SMILES string of the molecule is Nc1nc(CSCCNc2cnsn2)cs1. The summed E-state index contributed by atoms with van der Waals surface area (Å²) in [5.74, 6) is 2.77. The molecule has 0 radical (unpaired) electrons. The Balaban J connectivity index is 1.59. The number of hydrogen-bond donors (Lipinski definition) is 2. The van der Waals surface area contributed by atoms with Crippen LogP contribution < -0.4 is 11.1 Å². The van der Waals surface area contributed by atoms with E-state index in [1.54, 1.807) is 6.20 Å². The Labute approximate surface area is 106 Å². The van der Waals surface area contributed by atoms with Gasteiger partial charge >= 0.3 is 0 Å². The van der Waals surface area contributed by atoms with Gasteiger partial charge in [0.1, 0.15) is 0 Å². The summed E-state index contributed by atoms with van der Waals surface area (Å²) in [5.41, 5.74) is 6.60. The third-order valence-corrected chi connectivity index (χ3v) is 3.93. The van der Waals surface area contributed by atoms with Crippen molar-refractivity contribution < 1.29 is 0 Å². The maximum atomic E-state index is 5.54. The van der Waals surface area contributed by atoms with Crippen LogP contribution in [0.3, 0.4) is 0 Å². The monoisotopic (exact) mass is 273 g/mol. The van der Waals surface area contributed by atoms with Crippen LogP contribution in [0.4, 0.5) is 10.9 Å². The summed E-state index contributed by atoms with van der Waals surface area (Å²) in [7, 11) is 0. The van der Waals surface area contributed by atoms with Crippen LogP contribution in [0.5, 0.6) is 0 Å². The maximum Gasteiger partial charge on any atom is 0.180 e. The summed E-state index contributed by atoms with van der Waals surface area (Å²) in [5, 5.41) is 5.83. The lowest BCUT2D eigenvalue weighted by atomic mass is 10.6. The van der Waals surface area contributed by atoms with Crippen LogP contribution in [-0.4, -0.2) is 26.0 Å². The number of nitrogens with two attached hydrogens (primary N) is 1. The lowest BCUT2D eigenvalue weighted by Crippen LogP contribution is -2.04. The molecule has 0 fully saturated rings. The number of aromatic nitrogens is 3. The van der Waals surface area contributed by atoms with Gasteiger partial charge in [-0.3, -0.25) is 0 Å². The number of rotatable bonds is 6. The molecule has 8 heteroatoms. The number of thioether (sulfide) groups is 1. The van der Waals surface area contributed by atoms with Crippen molar-refractivity contribution in [1.29, 1.82) is 0 Å². The van der Waals surface area contributed by atoms with E-state index < -0.39 is 0 Å². The predicted molar refractivity (Wildman–Crippen MR) is 71.1 cm³/mol. The zero-order valence-corrected chi connectivity index (χ0v) is 10.9. The fraction of sp³-hybridized carbons (Fsp3) is 0.375. The Hall–Kier alpha value is -0.860. The molecule has 0 aliphatic carbocycles. The smallest absolute Gasteiger partial charge is 0.180 e. The van der Waals surface area contributed by atoms with Gasteiger partial charge in [0.25, 0.3) is 0 Å². The number of hydrogen-bond acceptors (Lipinski definition) is 8. The van der Waals surface area contributed by atoms with Crippen LogP contribution in [0.25, 0.3) is 0 Å². The molecule has 0 saturated heterocycles. The quantitative estimate of drug-likeness (QED) is 0.783. The summed E-state index contributed by atoms with van der Waals surface area (Å²) >= 11 is 4.52. The van der Waals surface area contributed by atoms with Gasteiger partial charge in [0.15, 0.2) is 10.9 Å². The topological polar surface area (TPSA) is 76.7 Å². The van der Waals surface area contributed by atoms with Crippen molar-refractivity contribution in [2.24, 2.45) is 0 Å². The van der Waals surface area contributed by atoms with Gasteiger partial charge < -0.3 is 11.1 Å². The second-order valence-corrected chi connectivity index (χ2v) is 5.50. The number of anilines is 2. The van der Waals surface area contributed by atoms with E-state index in [0.29, 0.717) is 5.13 Å². The first-order chi connectivity index (χ1) is 7.84. The standard InChI is InChI=1S/C8H11N5S3/c9-8-12-6(5-15-8)4-14-2-1-10-7-3-11-16-13-7/h3,5H,1-2,4H2,(H2,9,12)(H,10,13). The number of nitrogens with zero attached hydrogens (tertiary/aromatic N) is 3. The van der Waals surface area contributed by atoms with Crippen molar-refractivity contribution in [3.63, 3.8) is 0 Å². The van der Waals surface area contributed by atoms with Gasteiger partial charge in [0.2, 0.25) is 0 Å². The highest BCUT2D eigenvalue weighted by atomic mass is 32.2. The van der Waals surface area contributed by atoms with Crippen molar-refractivity contribution >= 4 is 45.8 Å². The van der Waals surface area contributed by atoms with Gasteiger partial charge in [-0.25, -0.2) is 4.98 Å². The summed E-state index contributed by atoms with van der Waals surface area (Å²) in [4.78, 5) is 4.19. The van der Waals surface area contributed by atoms with Crippen molar-refractivity contribution in [2.45, 2.75) is 5.75 Å². The summed E-state index contributed by atoms with van der Waals surface area (Å²) in [6, 6.07) is 0. The third kappa shape index (κ3) is 3.62. The second-order valence-electron chi connectivity index (χ2n) is 2.95. The molecular weight excluding hydrogens is 262 g/mol. The van der Waals surface area contributed by atoms with Crippen LogP contribution >= 0.6 is 34.8 Å². The van der Waals surface area contributed by atoms with Crippen molar-refractivity contribution in [3.8, 4) is 0 Å². The van der Waals surface area contributed by atoms with Crippen molar-refractivity contribution in [1.82, 2.24) is 13.7 Å². The largest absolute Gasteiger partial charge is 0.375 e. The molecule has 0 aliphatic heterocycles. The highest BCUT2D eigenvalue weighted by Gasteiger charge is 1.99. The fourth-order valence-electron chi connectivity index (χ4n) is 1.06. The molecule has 2 aromatic rings. The van der Waals surface area contributed by atoms with Crippen LogP contribution in [0, 0.1) is 0 Å². The Kier molecular flexibility index (Phi) is 4.37. The molecule has 0 amide bonds. The number of thiazole rings is 1. The molecule has 16 heavy (non-hydrogen) atoms. The lowest BCUT2D eigenvalue weighted by molar-refractivity contribution is 1.19. The second kappa shape index (κ2) is 6.02. The molecule has 0 spiro atoms. The molecule has 2 heterocycles. The van der Waals surface area contributed by atoms with Crippen LogP contribution in [-0.2, 0) is 5.75 Å². The zero-order valence-electron chi connectivity index (χ0n) is 8.42. The van der Waals surface area contributed by atoms with Gasteiger partial charge in [0, 0.05) is 23.4 Å². The third-order valence-electron chi connectivity index (χ3n) is 1.73. The molecule has 0 bridgehead atoms. The maximum absolute atomic E-state index is 5.54. The van der Waals surface area contributed by atoms with E-state index in [4.69, 9.17) is 5.73 Å². The van der Waals surface area contributed by atoms with Crippen molar-refractivity contribution in [3.05, 3.63) is 17.3 Å². The zero-order chi connectivity index (χ0) is 11.2. The van der Waals surface area contributed by atoms with Crippen LogP contribution in [0.1, 0.15) is 5.69 Å². The molecule has 5 nitrogen and oxygen atoms in total. The van der Waals surface area contributed by atoms with E-state index in [9.17, 15) is 0 Å². The molecule has 86 valence electrons. The van der Waals surface area contributed by atoms with E-state index in [-0.39, 0.29) is 0 Å². The molecule has 0 saturated carbocycles. The minimum Gasteiger partial charge on any atom is -0.375 e. The fourth-order valence-corrected chi connectivity index (χ4v) is 2.87. The highest BCUT2D eigenvalue weighted by Crippen LogP contribution is 2.16. The van der Waals surface area contributed by atoms with Gasteiger partial charge in [-0.15, -0.1) is 11.3 Å². The Morgan fingerprint density at radius 1 is 1.50 bits per heavy atom. The molecule has 0 aliphatic rings. The van der Waals surface area contributed by atoms with Crippen LogP contribution in [0.15, 0.2) is 11.6 Å². The van der Waals surface area contributed by atoms with Gasteiger partial charge in [-0.05, 0) is 0 Å². The van der Waals surface area contributed by atoms with E-state index in [0.717, 1.165) is 29.6 Å². The first-order valence-corrected chi connectivity index (χ1v) is 7.40. The Morgan fingerprint density at radius 2 is 2.44 bits per heavy atom. The molecule has 2 aromatic heterocycles. The van der Waals surface area contributed by atoms with Gasteiger partial charge in [-0.1, -0.05) is 0 Å². The van der Waals surface area contributed by atoms with Gasteiger partial charge in [0.05, 0.1) is 23.6 Å². The average molecular weight is 273 g/mol. The van der Waals surface area contributed by atoms with E-state index >= 15 is 0 Å². The van der Waals surface area contributed by atoms with E-state index in [1.807, 2.05) is 17.1 Å². The predicted octanol–water partition coefficient (Wildman–Crippen LogP) is 1.92. The minimum absolute atomic E-state index is 0.641. The average Bonchev–Trinajstić information content (AvgIpc) is 2.89. The summed E-state index contributed by atoms with van der Waals surface area (Å²) < 4.78 is 7.97. The lowest BCUT2D eigenvalue weighted by Gasteiger charge is -2.00. The minimum atomic E-state index is 0.641. The van der Waals surface area contributed by atoms with E-state index in [2.05, 4.69) is 19.0 Å². The van der Waals surface area contributed by atoms with Gasteiger partial charge in [-0.2, -0.15) is 20.5 Å². The molecule has 0 atom stereocenters. The summed E-state index contributed by atoms with van der Waals surface area (Å²) in [6.07, 6.45) is 1.73. The molecule has 2 rings (SSSR count). The number of nitrogens with one attached hydrogen (secondary N) is 1. The molecule has 3 N–H and O–H groups in total. The normalized spacial score (nSPS) is 10.5. The molecule has 0 unspecified atom stereocenters. The number of nitrogen functional groups attached to an aromatic ring is 1. The Morgan fingerprint density at radius 3 is 3.12 bits per heavy atom. The molecular formula is C8H11N5S3. The van der Waals surface area contributed by atoms with Crippen molar-refractivity contribution in [2.75, 3.05) is 23.3 Å². The van der Waals surface area contributed by atoms with E-state index in [1.165, 1.54) is 23.1 Å². The first kappa shape index (κ1) is 11.6. The van der Waals surface area contributed by atoms with Crippen LogP contribution in [0.2, 0.25) is 0 Å².